The Morgan fingerprint density at radius 1 is 0.967 bits per heavy atom. The van der Waals surface area contributed by atoms with Gasteiger partial charge < -0.3 is 19.4 Å². The number of benzene rings is 3. The third kappa shape index (κ3) is 4.43. The highest BCUT2D eigenvalue weighted by Gasteiger charge is 2.13. The molecule has 1 heterocycles. The second-order valence-corrected chi connectivity index (χ2v) is 6.74. The third-order valence-electron chi connectivity index (χ3n) is 4.80. The van der Waals surface area contributed by atoms with Crippen molar-refractivity contribution in [1.29, 1.82) is 0 Å². The maximum Gasteiger partial charge on any atom is 0.251 e. The highest BCUT2D eigenvalue weighted by Crippen LogP contribution is 2.17. The Morgan fingerprint density at radius 3 is 2.57 bits per heavy atom. The maximum atomic E-state index is 12.6. The summed E-state index contributed by atoms with van der Waals surface area (Å²) < 4.78 is 13.1. The van der Waals surface area contributed by atoms with Crippen molar-refractivity contribution < 1.29 is 14.3 Å². The molecule has 0 bridgehead atoms. The van der Waals surface area contributed by atoms with Crippen LogP contribution < -0.4 is 14.8 Å². The van der Waals surface area contributed by atoms with Gasteiger partial charge in [0.05, 0.1) is 31.2 Å². The van der Waals surface area contributed by atoms with Gasteiger partial charge in [-0.1, -0.05) is 36.4 Å². The van der Waals surface area contributed by atoms with E-state index in [0.29, 0.717) is 31.0 Å². The van der Waals surface area contributed by atoms with Crippen LogP contribution >= 0.6 is 0 Å². The number of para-hydroxylation sites is 3. The zero-order valence-electron chi connectivity index (χ0n) is 16.7. The van der Waals surface area contributed by atoms with Crippen molar-refractivity contribution in [1.82, 2.24) is 14.9 Å². The number of aromatic nitrogens is 2. The van der Waals surface area contributed by atoms with Crippen LogP contribution in [0.3, 0.4) is 0 Å². The first-order valence-corrected chi connectivity index (χ1v) is 9.79. The minimum Gasteiger partial charge on any atom is -0.497 e. The van der Waals surface area contributed by atoms with E-state index in [1.54, 1.807) is 25.3 Å². The van der Waals surface area contributed by atoms with Gasteiger partial charge in [-0.25, -0.2) is 4.98 Å². The number of methoxy groups -OCH3 is 1. The van der Waals surface area contributed by atoms with Crippen molar-refractivity contribution in [2.75, 3.05) is 13.7 Å². The van der Waals surface area contributed by atoms with Crippen molar-refractivity contribution in [2.45, 2.75) is 13.1 Å². The smallest absolute Gasteiger partial charge is 0.251 e. The largest absolute Gasteiger partial charge is 0.497 e. The lowest BCUT2D eigenvalue weighted by atomic mass is 10.2. The molecule has 6 nitrogen and oxygen atoms in total. The van der Waals surface area contributed by atoms with E-state index in [-0.39, 0.29) is 5.91 Å². The molecular weight excluding hydrogens is 378 g/mol. The van der Waals surface area contributed by atoms with Crippen LogP contribution in [-0.2, 0) is 13.1 Å². The van der Waals surface area contributed by atoms with Crippen LogP contribution in [0.2, 0.25) is 0 Å². The average Bonchev–Trinajstić information content (AvgIpc) is 3.16. The number of rotatable bonds is 8. The Hall–Kier alpha value is -3.80. The van der Waals surface area contributed by atoms with Gasteiger partial charge in [0.1, 0.15) is 23.9 Å². The number of amides is 1. The van der Waals surface area contributed by atoms with E-state index in [2.05, 4.69) is 9.88 Å². The highest BCUT2D eigenvalue weighted by atomic mass is 16.5. The number of imidazole rings is 1. The average molecular weight is 401 g/mol. The fourth-order valence-corrected chi connectivity index (χ4v) is 3.31. The Labute approximate surface area is 175 Å². The summed E-state index contributed by atoms with van der Waals surface area (Å²) in [6, 6.07) is 24.7. The Balaban J connectivity index is 1.48. The van der Waals surface area contributed by atoms with E-state index in [0.717, 1.165) is 22.6 Å². The molecule has 1 aromatic heterocycles. The molecule has 0 aliphatic heterocycles. The van der Waals surface area contributed by atoms with E-state index in [1.807, 2.05) is 60.7 Å². The minimum atomic E-state index is -0.173. The third-order valence-corrected chi connectivity index (χ3v) is 4.80. The van der Waals surface area contributed by atoms with Crippen molar-refractivity contribution in [3.63, 3.8) is 0 Å². The fourth-order valence-electron chi connectivity index (χ4n) is 3.31. The summed E-state index contributed by atoms with van der Waals surface area (Å²) in [6.45, 7) is 1.44. The summed E-state index contributed by atoms with van der Waals surface area (Å²) in [7, 11) is 1.58. The lowest BCUT2D eigenvalue weighted by molar-refractivity contribution is 0.0949. The molecule has 0 saturated heterocycles. The van der Waals surface area contributed by atoms with Gasteiger partial charge >= 0.3 is 0 Å². The van der Waals surface area contributed by atoms with Crippen molar-refractivity contribution >= 4 is 16.9 Å². The zero-order chi connectivity index (χ0) is 20.8. The number of nitrogens with one attached hydrogen (secondary N) is 1. The molecule has 1 amide bonds. The molecule has 1 N–H and O–H groups in total. The summed E-state index contributed by atoms with van der Waals surface area (Å²) in [5.74, 6) is 2.08. The molecule has 0 radical (unpaired) electrons. The van der Waals surface area contributed by atoms with E-state index >= 15 is 0 Å². The van der Waals surface area contributed by atoms with E-state index < -0.39 is 0 Å². The van der Waals surface area contributed by atoms with Crippen LogP contribution in [0.25, 0.3) is 11.0 Å². The van der Waals surface area contributed by atoms with E-state index in [4.69, 9.17) is 14.5 Å². The molecule has 6 heteroatoms. The number of hydrogen-bond acceptors (Lipinski definition) is 4. The topological polar surface area (TPSA) is 65.4 Å². The van der Waals surface area contributed by atoms with Gasteiger partial charge in [0.2, 0.25) is 0 Å². The fraction of sp³-hybridized carbons (Fsp3) is 0.167. The second kappa shape index (κ2) is 9.13. The molecule has 0 saturated carbocycles. The van der Waals surface area contributed by atoms with Gasteiger partial charge in [0.25, 0.3) is 5.91 Å². The van der Waals surface area contributed by atoms with Crippen LogP contribution in [0.15, 0.2) is 78.9 Å². The number of carbonyl (C=O) groups excluding carboxylic acids is 1. The summed E-state index contributed by atoms with van der Waals surface area (Å²) in [5, 5.41) is 2.96. The first kappa shape index (κ1) is 19.5. The van der Waals surface area contributed by atoms with Crippen LogP contribution in [0.5, 0.6) is 11.5 Å². The van der Waals surface area contributed by atoms with Crippen LogP contribution in [0, 0.1) is 0 Å². The predicted molar refractivity (Wildman–Crippen MR) is 116 cm³/mol. The van der Waals surface area contributed by atoms with E-state index in [9.17, 15) is 4.79 Å². The number of nitrogens with zero attached hydrogens (tertiary/aromatic N) is 2. The summed E-state index contributed by atoms with van der Waals surface area (Å²) in [4.78, 5) is 17.3. The molecule has 0 fully saturated rings. The lowest BCUT2D eigenvalue weighted by Crippen LogP contribution is -2.25. The van der Waals surface area contributed by atoms with Gasteiger partial charge in [-0.15, -0.1) is 0 Å². The Bertz CT molecular complexity index is 1140. The second-order valence-electron chi connectivity index (χ2n) is 6.74. The first-order valence-electron chi connectivity index (χ1n) is 9.79. The molecule has 0 atom stereocenters. The number of fused-ring (bicyclic) bond motifs is 1. The van der Waals surface area contributed by atoms with Crippen LogP contribution in [0.4, 0.5) is 0 Å². The normalized spacial score (nSPS) is 10.7. The Morgan fingerprint density at radius 2 is 1.73 bits per heavy atom. The van der Waals surface area contributed by atoms with Gasteiger partial charge in [-0.2, -0.15) is 0 Å². The summed E-state index contributed by atoms with van der Waals surface area (Å²) >= 11 is 0. The zero-order valence-corrected chi connectivity index (χ0v) is 16.7. The number of hydrogen-bond donors (Lipinski definition) is 1. The minimum absolute atomic E-state index is 0.173. The molecule has 4 aromatic rings. The SMILES string of the molecule is COc1cccc(C(=O)NCc2nc3ccccc3n2CCOc2ccccc2)c1. The molecule has 152 valence electrons. The molecule has 0 aliphatic carbocycles. The van der Waals surface area contributed by atoms with Crippen molar-refractivity contribution in [3.8, 4) is 11.5 Å². The molecule has 0 unspecified atom stereocenters. The summed E-state index contributed by atoms with van der Waals surface area (Å²) in [6.07, 6.45) is 0. The molecule has 30 heavy (non-hydrogen) atoms. The lowest BCUT2D eigenvalue weighted by Gasteiger charge is -2.12. The molecule has 0 spiro atoms. The first-order chi connectivity index (χ1) is 14.7. The van der Waals surface area contributed by atoms with Crippen molar-refractivity contribution in [2.24, 2.45) is 0 Å². The van der Waals surface area contributed by atoms with Crippen LogP contribution in [0.1, 0.15) is 16.2 Å². The van der Waals surface area contributed by atoms with E-state index in [1.165, 1.54) is 0 Å². The molecule has 0 aliphatic rings. The maximum absolute atomic E-state index is 12.6. The quantitative estimate of drug-likeness (QED) is 0.484. The van der Waals surface area contributed by atoms with Gasteiger partial charge in [-0.05, 0) is 42.5 Å². The summed E-state index contributed by atoms with van der Waals surface area (Å²) in [5.41, 5.74) is 2.45. The molecular formula is C24H23N3O3. The highest BCUT2D eigenvalue weighted by molar-refractivity contribution is 5.94. The van der Waals surface area contributed by atoms with Gasteiger partial charge in [0, 0.05) is 5.56 Å². The van der Waals surface area contributed by atoms with Gasteiger partial charge in [-0.3, -0.25) is 4.79 Å². The predicted octanol–water partition coefficient (Wildman–Crippen LogP) is 4.05. The number of carbonyl (C=O) groups is 1. The number of ether oxygens (including phenoxy) is 2. The van der Waals surface area contributed by atoms with Crippen LogP contribution in [-0.4, -0.2) is 29.2 Å². The monoisotopic (exact) mass is 401 g/mol. The molecule has 3 aromatic carbocycles. The van der Waals surface area contributed by atoms with Crippen molar-refractivity contribution in [3.05, 3.63) is 90.3 Å². The molecule has 4 rings (SSSR count). The Kier molecular flexibility index (Phi) is 5.94. The standard InChI is InChI=1S/C24H23N3O3/c1-29-20-11-7-8-18(16-20)24(28)25-17-23-26-21-12-5-6-13-22(21)27(23)14-15-30-19-9-3-2-4-10-19/h2-13,16H,14-15,17H2,1H3,(H,25,28). The van der Waals surface area contributed by atoms with Gasteiger partial charge in [0.15, 0.2) is 0 Å².